The van der Waals surface area contributed by atoms with Gasteiger partial charge in [0.2, 0.25) is 0 Å². The van der Waals surface area contributed by atoms with Gasteiger partial charge in [-0.3, -0.25) is 9.78 Å². The number of hydrogen-bond acceptors (Lipinski definition) is 5. The van der Waals surface area contributed by atoms with Gasteiger partial charge in [0.05, 0.1) is 17.0 Å². The fraction of sp³-hybridized carbons (Fsp3) is 0.333. The topological polar surface area (TPSA) is 77.2 Å². The first kappa shape index (κ1) is 15.5. The number of aromatic nitrogens is 1. The molecule has 1 amide bonds. The highest BCUT2D eigenvalue weighted by Crippen LogP contribution is 2.32. The molecule has 5 nitrogen and oxygen atoms in total. The molecule has 0 aromatic carbocycles. The zero-order valence-electron chi connectivity index (χ0n) is 10.7. The van der Waals surface area contributed by atoms with E-state index in [4.69, 9.17) is 5.73 Å². The Kier molecular flexibility index (Phi) is 4.63. The second-order valence-corrected chi connectivity index (χ2v) is 5.19. The summed E-state index contributed by atoms with van der Waals surface area (Å²) in [6.07, 6.45) is -1.20. The fourth-order valence-corrected chi connectivity index (χ4v) is 2.65. The number of ether oxygens (including phenoxy) is 1. The van der Waals surface area contributed by atoms with E-state index in [0.29, 0.717) is 10.6 Å². The average Bonchev–Trinajstić information content (AvgIpc) is 2.75. The molecule has 0 saturated heterocycles. The van der Waals surface area contributed by atoms with E-state index in [2.05, 4.69) is 15.0 Å². The number of nitrogens with two attached hydrogens (primary N) is 1. The minimum absolute atomic E-state index is 0.0269. The highest BCUT2D eigenvalue weighted by Gasteiger charge is 2.27. The van der Waals surface area contributed by atoms with Crippen molar-refractivity contribution in [3.63, 3.8) is 0 Å². The van der Waals surface area contributed by atoms with Crippen molar-refractivity contribution >= 4 is 33.0 Å². The van der Waals surface area contributed by atoms with Crippen LogP contribution in [-0.2, 0) is 4.74 Å². The van der Waals surface area contributed by atoms with Gasteiger partial charge in [0.1, 0.15) is 11.5 Å². The summed E-state index contributed by atoms with van der Waals surface area (Å²) in [5.74, 6) is -0.440. The minimum atomic E-state index is -4.37. The number of amides is 1. The van der Waals surface area contributed by atoms with Crippen LogP contribution in [-0.4, -0.2) is 36.8 Å². The van der Waals surface area contributed by atoms with Gasteiger partial charge in [-0.1, -0.05) is 0 Å². The number of alkyl halides is 3. The summed E-state index contributed by atoms with van der Waals surface area (Å²) < 4.78 is 40.7. The minimum Gasteiger partial charge on any atom is -0.397 e. The van der Waals surface area contributed by atoms with Crippen molar-refractivity contribution in [3.05, 3.63) is 23.3 Å². The average molecular weight is 319 g/mol. The number of halogens is 3. The largest absolute Gasteiger partial charge is 0.411 e. The third kappa shape index (κ3) is 4.05. The molecule has 0 bridgehead atoms. The van der Waals surface area contributed by atoms with Crippen LogP contribution in [0.25, 0.3) is 10.1 Å². The molecule has 0 unspecified atom stereocenters. The van der Waals surface area contributed by atoms with Gasteiger partial charge in [-0.15, -0.1) is 11.3 Å². The molecule has 0 atom stereocenters. The van der Waals surface area contributed by atoms with Crippen LogP contribution in [0.5, 0.6) is 0 Å². The van der Waals surface area contributed by atoms with Crippen LogP contribution in [0.3, 0.4) is 0 Å². The van der Waals surface area contributed by atoms with Crippen LogP contribution in [0, 0.1) is 0 Å². The van der Waals surface area contributed by atoms with Crippen molar-refractivity contribution < 1.29 is 22.7 Å². The second-order valence-electron chi connectivity index (χ2n) is 4.14. The molecule has 0 fully saturated rings. The Morgan fingerprint density at radius 2 is 2.24 bits per heavy atom. The third-order valence-corrected chi connectivity index (χ3v) is 3.69. The number of nitrogens with zero attached hydrogens (tertiary/aromatic N) is 1. The van der Waals surface area contributed by atoms with Crippen LogP contribution in [0.2, 0.25) is 0 Å². The summed E-state index contributed by atoms with van der Waals surface area (Å²) >= 11 is 1.18. The van der Waals surface area contributed by atoms with Crippen LogP contribution in [0.15, 0.2) is 18.5 Å². The van der Waals surface area contributed by atoms with E-state index in [1.165, 1.54) is 11.3 Å². The monoisotopic (exact) mass is 319 g/mol. The molecule has 2 aromatic rings. The highest BCUT2D eigenvalue weighted by atomic mass is 32.1. The molecule has 3 N–H and O–H groups in total. The van der Waals surface area contributed by atoms with Gasteiger partial charge < -0.3 is 15.8 Å². The van der Waals surface area contributed by atoms with Crippen molar-refractivity contribution in [2.75, 3.05) is 25.5 Å². The summed E-state index contributed by atoms with van der Waals surface area (Å²) in [6, 6.07) is 1.70. The third-order valence-electron chi connectivity index (χ3n) is 2.54. The van der Waals surface area contributed by atoms with E-state index >= 15 is 0 Å². The maximum Gasteiger partial charge on any atom is 0.411 e. The van der Waals surface area contributed by atoms with Crippen molar-refractivity contribution in [2.45, 2.75) is 6.18 Å². The van der Waals surface area contributed by atoms with Gasteiger partial charge in [-0.2, -0.15) is 13.2 Å². The summed E-state index contributed by atoms with van der Waals surface area (Å²) in [5, 5.41) is 3.20. The molecule has 21 heavy (non-hydrogen) atoms. The van der Waals surface area contributed by atoms with E-state index in [9.17, 15) is 18.0 Å². The zero-order valence-corrected chi connectivity index (χ0v) is 11.6. The van der Waals surface area contributed by atoms with E-state index in [1.54, 1.807) is 18.5 Å². The Hall–Kier alpha value is -1.87. The van der Waals surface area contributed by atoms with E-state index < -0.39 is 18.7 Å². The molecule has 9 heteroatoms. The van der Waals surface area contributed by atoms with Crippen LogP contribution in [0.1, 0.15) is 9.67 Å². The molecule has 0 spiro atoms. The number of anilines is 1. The molecule has 114 valence electrons. The molecule has 2 rings (SSSR count). The Bertz CT molecular complexity index is 642. The number of rotatable bonds is 5. The van der Waals surface area contributed by atoms with Gasteiger partial charge in [0.15, 0.2) is 0 Å². The SMILES string of the molecule is Nc1c(C(=O)NCCOCC(F)(F)F)sc2cnccc12. The number of hydrogen-bond donors (Lipinski definition) is 2. The number of nitrogen functional groups attached to an aromatic ring is 1. The highest BCUT2D eigenvalue weighted by molar-refractivity contribution is 7.21. The molecule has 0 aliphatic heterocycles. The van der Waals surface area contributed by atoms with Crippen LogP contribution >= 0.6 is 11.3 Å². The standard InChI is InChI=1S/C12H12F3N3O2S/c13-12(14,15)6-20-4-3-18-11(19)10-9(16)7-1-2-17-5-8(7)21-10/h1-2,5H,3-4,6,16H2,(H,18,19). The van der Waals surface area contributed by atoms with Gasteiger partial charge in [0, 0.05) is 24.3 Å². The lowest BCUT2D eigenvalue weighted by molar-refractivity contribution is -0.173. The van der Waals surface area contributed by atoms with Crippen molar-refractivity contribution in [1.29, 1.82) is 0 Å². The molecule has 2 aromatic heterocycles. The van der Waals surface area contributed by atoms with Gasteiger partial charge in [-0.05, 0) is 6.07 Å². The lowest BCUT2D eigenvalue weighted by Crippen LogP contribution is -2.28. The fourth-order valence-electron chi connectivity index (χ4n) is 1.64. The van der Waals surface area contributed by atoms with Crippen LogP contribution < -0.4 is 11.1 Å². The van der Waals surface area contributed by atoms with E-state index in [1.807, 2.05) is 0 Å². The molecule has 0 saturated carbocycles. The first-order valence-corrected chi connectivity index (χ1v) is 6.75. The first-order valence-electron chi connectivity index (χ1n) is 5.93. The number of carbonyl (C=O) groups is 1. The molecule has 0 aliphatic rings. The zero-order chi connectivity index (χ0) is 15.5. The maximum atomic E-state index is 11.9. The predicted octanol–water partition coefficient (Wildman–Crippen LogP) is 2.19. The van der Waals surface area contributed by atoms with Crippen molar-refractivity contribution in [3.8, 4) is 0 Å². The van der Waals surface area contributed by atoms with Gasteiger partial charge in [-0.25, -0.2) is 0 Å². The molecule has 0 aliphatic carbocycles. The smallest absolute Gasteiger partial charge is 0.397 e. The molecular formula is C12H12F3N3O2S. The first-order chi connectivity index (χ1) is 9.88. The summed E-state index contributed by atoms with van der Waals surface area (Å²) in [4.78, 5) is 16.2. The normalized spacial score (nSPS) is 11.8. The Morgan fingerprint density at radius 3 is 2.90 bits per heavy atom. The van der Waals surface area contributed by atoms with Gasteiger partial charge in [0.25, 0.3) is 5.91 Å². The van der Waals surface area contributed by atoms with Crippen LogP contribution in [0.4, 0.5) is 18.9 Å². The quantitative estimate of drug-likeness (QED) is 0.828. The van der Waals surface area contributed by atoms with Crippen molar-refractivity contribution in [2.24, 2.45) is 0 Å². The summed E-state index contributed by atoms with van der Waals surface area (Å²) in [5.41, 5.74) is 6.21. The van der Waals surface area contributed by atoms with E-state index in [-0.39, 0.29) is 13.2 Å². The van der Waals surface area contributed by atoms with Crippen molar-refractivity contribution in [1.82, 2.24) is 10.3 Å². The Balaban J connectivity index is 1.89. The number of pyridine rings is 1. The number of thiophene rings is 1. The molecule has 2 heterocycles. The summed E-state index contributed by atoms with van der Waals surface area (Å²) in [7, 11) is 0. The maximum absolute atomic E-state index is 11.9. The lowest BCUT2D eigenvalue weighted by Gasteiger charge is -2.08. The second kappa shape index (κ2) is 6.27. The Morgan fingerprint density at radius 1 is 1.48 bits per heavy atom. The number of carbonyl (C=O) groups excluding carboxylic acids is 1. The molecule has 0 radical (unpaired) electrons. The van der Waals surface area contributed by atoms with Gasteiger partial charge >= 0.3 is 6.18 Å². The molecular weight excluding hydrogens is 307 g/mol. The van der Waals surface area contributed by atoms with E-state index in [0.717, 1.165) is 10.1 Å². The number of fused-ring (bicyclic) bond motifs is 1. The number of nitrogens with one attached hydrogen (secondary N) is 1. The lowest BCUT2D eigenvalue weighted by atomic mass is 10.2. The summed E-state index contributed by atoms with van der Waals surface area (Å²) in [6.45, 7) is -1.59. The Labute approximate surface area is 121 Å². The predicted molar refractivity (Wildman–Crippen MR) is 73.2 cm³/mol.